The summed E-state index contributed by atoms with van der Waals surface area (Å²) in [6.07, 6.45) is 1.46. The molecule has 6 nitrogen and oxygen atoms in total. The molecule has 1 amide bonds. The van der Waals surface area contributed by atoms with Crippen LogP contribution in [-0.2, 0) is 10.3 Å². The number of hydrogen-bond donors (Lipinski definition) is 2. The van der Waals surface area contributed by atoms with E-state index in [4.69, 9.17) is 5.11 Å². The first-order valence-corrected chi connectivity index (χ1v) is 6.50. The van der Waals surface area contributed by atoms with E-state index in [9.17, 15) is 9.59 Å². The summed E-state index contributed by atoms with van der Waals surface area (Å²) in [5.74, 6) is -1.49. The molecular formula is C11H16IN3O3. The van der Waals surface area contributed by atoms with Gasteiger partial charge in [-0.2, -0.15) is 5.10 Å². The number of carbonyl (C=O) groups excluding carboxylic acids is 1. The summed E-state index contributed by atoms with van der Waals surface area (Å²) in [4.78, 5) is 22.6. The lowest BCUT2D eigenvalue weighted by Crippen LogP contribution is -2.38. The average Bonchev–Trinajstić information content (AvgIpc) is 2.59. The molecule has 0 saturated heterocycles. The molecule has 0 aliphatic heterocycles. The minimum absolute atomic E-state index is 0.229. The standard InChI is InChI=1S/C11H16IN3O3/c1-6(10(17)18)14-9(16)7-5-13-15(8(7)12)11(2,3)4/h5-6H,1-4H3,(H,14,16)(H,17,18)/t6-/m0/s1. The van der Waals surface area contributed by atoms with Gasteiger partial charge in [0.05, 0.1) is 17.3 Å². The smallest absolute Gasteiger partial charge is 0.325 e. The van der Waals surface area contributed by atoms with Crippen LogP contribution in [0.3, 0.4) is 0 Å². The van der Waals surface area contributed by atoms with Gasteiger partial charge in [0.15, 0.2) is 0 Å². The summed E-state index contributed by atoms with van der Waals surface area (Å²) < 4.78 is 2.42. The molecule has 1 atom stereocenters. The molecule has 1 aromatic heterocycles. The third-order valence-corrected chi connectivity index (χ3v) is 3.35. The lowest BCUT2D eigenvalue weighted by atomic mass is 10.1. The Morgan fingerprint density at radius 1 is 1.50 bits per heavy atom. The molecule has 0 aliphatic rings. The maximum atomic E-state index is 11.9. The van der Waals surface area contributed by atoms with Crippen molar-refractivity contribution in [2.24, 2.45) is 0 Å². The Hall–Kier alpha value is -1.12. The van der Waals surface area contributed by atoms with Gasteiger partial charge in [-0.3, -0.25) is 14.3 Å². The molecule has 2 N–H and O–H groups in total. The van der Waals surface area contributed by atoms with E-state index in [0.29, 0.717) is 9.26 Å². The number of carboxylic acids is 1. The topological polar surface area (TPSA) is 84.2 Å². The minimum atomic E-state index is -1.07. The van der Waals surface area contributed by atoms with Gasteiger partial charge in [0.1, 0.15) is 9.74 Å². The quantitative estimate of drug-likeness (QED) is 0.795. The van der Waals surface area contributed by atoms with Crippen LogP contribution in [0.2, 0.25) is 0 Å². The van der Waals surface area contributed by atoms with E-state index in [0.717, 1.165) is 0 Å². The van der Waals surface area contributed by atoms with Crippen LogP contribution < -0.4 is 5.32 Å². The van der Waals surface area contributed by atoms with Crippen molar-refractivity contribution in [1.82, 2.24) is 15.1 Å². The van der Waals surface area contributed by atoms with Gasteiger partial charge in [-0.15, -0.1) is 0 Å². The molecule has 0 bridgehead atoms. The first-order chi connectivity index (χ1) is 8.14. The number of nitrogens with one attached hydrogen (secondary N) is 1. The van der Waals surface area contributed by atoms with Crippen LogP contribution in [0.5, 0.6) is 0 Å². The molecule has 100 valence electrons. The Morgan fingerprint density at radius 3 is 2.44 bits per heavy atom. The van der Waals surface area contributed by atoms with E-state index in [1.165, 1.54) is 13.1 Å². The third kappa shape index (κ3) is 3.21. The molecule has 1 heterocycles. The zero-order valence-corrected chi connectivity index (χ0v) is 12.8. The molecule has 0 radical (unpaired) electrons. The van der Waals surface area contributed by atoms with Crippen molar-refractivity contribution in [2.45, 2.75) is 39.3 Å². The molecule has 1 aromatic rings. The van der Waals surface area contributed by atoms with Crippen LogP contribution >= 0.6 is 22.6 Å². The van der Waals surface area contributed by atoms with E-state index < -0.39 is 17.9 Å². The lowest BCUT2D eigenvalue weighted by Gasteiger charge is -2.20. The fourth-order valence-electron chi connectivity index (χ4n) is 1.29. The minimum Gasteiger partial charge on any atom is -0.480 e. The molecule has 0 fully saturated rings. The molecule has 0 aliphatic carbocycles. The molecule has 0 spiro atoms. The fourth-order valence-corrected chi connectivity index (χ4v) is 2.52. The number of amides is 1. The van der Waals surface area contributed by atoms with Crippen LogP contribution in [0.15, 0.2) is 6.20 Å². The van der Waals surface area contributed by atoms with Crippen LogP contribution in [-0.4, -0.2) is 32.8 Å². The second-order valence-corrected chi connectivity index (χ2v) is 5.99. The van der Waals surface area contributed by atoms with Crippen molar-refractivity contribution in [1.29, 1.82) is 0 Å². The predicted octanol–water partition coefficient (Wildman–Crippen LogP) is 1.45. The van der Waals surface area contributed by atoms with E-state index in [-0.39, 0.29) is 5.54 Å². The zero-order valence-electron chi connectivity index (χ0n) is 10.7. The summed E-state index contributed by atoms with van der Waals surface area (Å²) in [6.45, 7) is 7.35. The second-order valence-electron chi connectivity index (χ2n) is 4.97. The molecule has 0 unspecified atom stereocenters. The van der Waals surface area contributed by atoms with Gasteiger partial charge in [-0.1, -0.05) is 0 Å². The number of aliphatic carboxylic acids is 1. The highest BCUT2D eigenvalue weighted by molar-refractivity contribution is 14.1. The number of nitrogens with zero attached hydrogens (tertiary/aromatic N) is 2. The van der Waals surface area contributed by atoms with Gasteiger partial charge in [0.25, 0.3) is 5.91 Å². The number of hydrogen-bond acceptors (Lipinski definition) is 3. The number of carbonyl (C=O) groups is 2. The summed E-state index contributed by atoms with van der Waals surface area (Å²) >= 11 is 2.03. The number of aromatic nitrogens is 2. The molecule has 0 aromatic carbocycles. The van der Waals surface area contributed by atoms with E-state index in [1.54, 1.807) is 4.68 Å². The van der Waals surface area contributed by atoms with Gasteiger partial charge in [0.2, 0.25) is 0 Å². The molecular weight excluding hydrogens is 349 g/mol. The molecule has 0 saturated carbocycles. The summed E-state index contributed by atoms with van der Waals surface area (Å²) in [7, 11) is 0. The summed E-state index contributed by atoms with van der Waals surface area (Å²) in [5.41, 5.74) is 0.159. The largest absolute Gasteiger partial charge is 0.480 e. The van der Waals surface area contributed by atoms with Gasteiger partial charge in [-0.25, -0.2) is 0 Å². The maximum absolute atomic E-state index is 11.9. The van der Waals surface area contributed by atoms with Crippen LogP contribution in [0.4, 0.5) is 0 Å². The Bertz CT molecular complexity index is 476. The van der Waals surface area contributed by atoms with Crippen molar-refractivity contribution in [3.63, 3.8) is 0 Å². The number of carboxylic acid groups (broad SMARTS) is 1. The summed E-state index contributed by atoms with van der Waals surface area (Å²) in [5, 5.41) is 15.3. The molecule has 18 heavy (non-hydrogen) atoms. The highest BCUT2D eigenvalue weighted by atomic mass is 127. The van der Waals surface area contributed by atoms with Crippen LogP contribution in [0.25, 0.3) is 0 Å². The number of rotatable bonds is 3. The van der Waals surface area contributed by atoms with Crippen molar-refractivity contribution >= 4 is 34.5 Å². The van der Waals surface area contributed by atoms with Crippen LogP contribution in [0.1, 0.15) is 38.1 Å². The van der Waals surface area contributed by atoms with Gasteiger partial charge < -0.3 is 10.4 Å². The third-order valence-electron chi connectivity index (χ3n) is 2.31. The number of halogens is 1. The van der Waals surface area contributed by atoms with E-state index in [1.807, 2.05) is 43.4 Å². The highest BCUT2D eigenvalue weighted by Crippen LogP contribution is 2.20. The van der Waals surface area contributed by atoms with E-state index >= 15 is 0 Å². The normalized spacial score (nSPS) is 13.2. The Kier molecular flexibility index (Phi) is 4.36. The second kappa shape index (κ2) is 5.25. The van der Waals surface area contributed by atoms with Gasteiger partial charge >= 0.3 is 5.97 Å². The van der Waals surface area contributed by atoms with Gasteiger partial charge in [0, 0.05) is 0 Å². The Morgan fingerprint density at radius 2 is 2.06 bits per heavy atom. The summed E-state index contributed by atoms with van der Waals surface area (Å²) in [6, 6.07) is -0.925. The van der Waals surface area contributed by atoms with E-state index in [2.05, 4.69) is 10.4 Å². The maximum Gasteiger partial charge on any atom is 0.325 e. The van der Waals surface area contributed by atoms with Crippen LogP contribution in [0, 0.1) is 3.70 Å². The van der Waals surface area contributed by atoms with Gasteiger partial charge in [-0.05, 0) is 50.3 Å². The van der Waals surface area contributed by atoms with Crippen molar-refractivity contribution in [2.75, 3.05) is 0 Å². The van der Waals surface area contributed by atoms with Crippen molar-refractivity contribution in [3.8, 4) is 0 Å². The first-order valence-electron chi connectivity index (χ1n) is 5.42. The molecule has 7 heteroatoms. The van der Waals surface area contributed by atoms with Crippen molar-refractivity contribution < 1.29 is 14.7 Å². The predicted molar refractivity (Wildman–Crippen MR) is 74.5 cm³/mol. The Balaban J connectivity index is 2.95. The zero-order chi connectivity index (χ0) is 14.1. The average molecular weight is 365 g/mol. The Labute approximate surface area is 119 Å². The highest BCUT2D eigenvalue weighted by Gasteiger charge is 2.24. The fraction of sp³-hybridized carbons (Fsp3) is 0.545. The first kappa shape index (κ1) is 14.9. The molecule has 1 rings (SSSR count). The lowest BCUT2D eigenvalue weighted by molar-refractivity contribution is -0.138. The SMILES string of the molecule is C[C@H](NC(=O)c1cnn(C(C)(C)C)c1I)C(=O)O. The monoisotopic (exact) mass is 365 g/mol. The van der Waals surface area contributed by atoms with Crippen molar-refractivity contribution in [3.05, 3.63) is 15.5 Å².